The van der Waals surface area contributed by atoms with Crippen LogP contribution >= 0.6 is 0 Å². The average molecular weight is 477 g/mol. The van der Waals surface area contributed by atoms with Crippen LogP contribution in [0.1, 0.15) is 41.0 Å². The van der Waals surface area contributed by atoms with Crippen molar-refractivity contribution in [2.24, 2.45) is 0 Å². The first kappa shape index (κ1) is 23.6. The Kier molecular flexibility index (Phi) is 6.64. The van der Waals surface area contributed by atoms with E-state index in [2.05, 4.69) is 52.3 Å². The van der Waals surface area contributed by atoms with Crippen molar-refractivity contribution in [2.75, 3.05) is 40.0 Å². The number of rotatable bonds is 7. The van der Waals surface area contributed by atoms with E-state index in [0.717, 1.165) is 42.8 Å². The lowest BCUT2D eigenvalue weighted by atomic mass is 9.90. The van der Waals surface area contributed by atoms with Gasteiger partial charge >= 0.3 is 0 Å². The van der Waals surface area contributed by atoms with Gasteiger partial charge in [0.05, 0.1) is 43.0 Å². The molecule has 1 saturated heterocycles. The summed E-state index contributed by atoms with van der Waals surface area (Å²) in [6, 6.07) is 8.33. The minimum atomic E-state index is -0.189. The van der Waals surface area contributed by atoms with Gasteiger partial charge in [-0.2, -0.15) is 9.78 Å². The Morgan fingerprint density at radius 3 is 2.71 bits per heavy atom. The zero-order valence-corrected chi connectivity index (χ0v) is 20.6. The Morgan fingerprint density at radius 1 is 1.14 bits per heavy atom. The molecular formula is C26H32N6O3. The number of morpholine rings is 1. The van der Waals surface area contributed by atoms with Crippen LogP contribution in [0.25, 0.3) is 17.2 Å². The van der Waals surface area contributed by atoms with Gasteiger partial charge in [0.25, 0.3) is 11.9 Å². The second-order valence-corrected chi connectivity index (χ2v) is 9.65. The quantitative estimate of drug-likeness (QED) is 0.560. The molecule has 1 fully saturated rings. The predicted octanol–water partition coefficient (Wildman–Crippen LogP) is 2.41. The molecule has 5 rings (SSSR count). The minimum absolute atomic E-state index is 0.187. The Labute approximate surface area is 205 Å². The molecule has 3 aromatic rings. The Hall–Kier alpha value is -3.14. The molecule has 1 aliphatic heterocycles. The van der Waals surface area contributed by atoms with E-state index in [4.69, 9.17) is 14.5 Å². The van der Waals surface area contributed by atoms with Gasteiger partial charge in [-0.25, -0.2) is 9.97 Å². The smallest absolute Gasteiger partial charge is 0.254 e. The van der Waals surface area contributed by atoms with E-state index in [9.17, 15) is 4.79 Å². The topological polar surface area (TPSA) is 94.4 Å². The fourth-order valence-electron chi connectivity index (χ4n) is 4.84. The number of aryl methyl sites for hydroxylation is 2. The number of hydrogen-bond acceptors (Lipinski definition) is 7. The molecule has 2 aromatic heterocycles. The summed E-state index contributed by atoms with van der Waals surface area (Å²) in [5.74, 6) is 0.244. The van der Waals surface area contributed by atoms with Gasteiger partial charge in [0.1, 0.15) is 0 Å². The summed E-state index contributed by atoms with van der Waals surface area (Å²) in [5, 5.41) is 7.58. The summed E-state index contributed by atoms with van der Waals surface area (Å²) < 4.78 is 12.5. The third-order valence-corrected chi connectivity index (χ3v) is 6.92. The maximum Gasteiger partial charge on any atom is 0.254 e. The van der Waals surface area contributed by atoms with E-state index in [1.54, 1.807) is 18.0 Å². The van der Waals surface area contributed by atoms with E-state index in [1.807, 2.05) is 12.3 Å². The lowest BCUT2D eigenvalue weighted by molar-refractivity contribution is -0.00924. The molecule has 0 saturated carbocycles. The number of nitrogens with zero attached hydrogens (tertiary/aromatic N) is 5. The number of nitrogens with one attached hydrogen (secondary N) is 1. The number of carbonyl (C=O) groups is 1. The number of carbonyl (C=O) groups excluding carboxylic acids is 1. The van der Waals surface area contributed by atoms with Crippen molar-refractivity contribution in [1.29, 1.82) is 0 Å². The third-order valence-electron chi connectivity index (χ3n) is 6.92. The van der Waals surface area contributed by atoms with Crippen molar-refractivity contribution in [3.63, 3.8) is 0 Å². The van der Waals surface area contributed by atoms with Crippen LogP contribution in [0.15, 0.2) is 36.7 Å². The van der Waals surface area contributed by atoms with E-state index in [0.29, 0.717) is 37.0 Å². The molecule has 0 spiro atoms. The highest BCUT2D eigenvalue weighted by Crippen LogP contribution is 2.32. The van der Waals surface area contributed by atoms with Crippen LogP contribution in [-0.2, 0) is 28.9 Å². The first-order chi connectivity index (χ1) is 17.0. The normalized spacial score (nSPS) is 16.0. The SMILES string of the molecule is COCc1c(C(=O)NCC(C)(C)N2CCOCC2)cnn1-c1ncc2c(n1)-c1ccccc1CC2. The minimum Gasteiger partial charge on any atom is -0.379 e. The van der Waals surface area contributed by atoms with Gasteiger partial charge in [0.15, 0.2) is 0 Å². The molecule has 1 aliphatic carbocycles. The van der Waals surface area contributed by atoms with Crippen LogP contribution in [0.5, 0.6) is 0 Å². The van der Waals surface area contributed by atoms with Crippen LogP contribution in [-0.4, -0.2) is 76.1 Å². The monoisotopic (exact) mass is 476 g/mol. The maximum atomic E-state index is 13.2. The molecule has 0 bridgehead atoms. The number of fused-ring (bicyclic) bond motifs is 3. The maximum absolute atomic E-state index is 13.2. The van der Waals surface area contributed by atoms with E-state index in [1.165, 1.54) is 5.56 Å². The van der Waals surface area contributed by atoms with Crippen LogP contribution in [0.3, 0.4) is 0 Å². The van der Waals surface area contributed by atoms with Crippen LogP contribution in [0, 0.1) is 0 Å². The van der Waals surface area contributed by atoms with Crippen molar-refractivity contribution < 1.29 is 14.3 Å². The van der Waals surface area contributed by atoms with Gasteiger partial charge in [-0.05, 0) is 37.8 Å². The Balaban J connectivity index is 1.40. The number of ether oxygens (including phenoxy) is 2. The number of aromatic nitrogens is 4. The zero-order chi connectivity index (χ0) is 24.4. The molecule has 1 N–H and O–H groups in total. The van der Waals surface area contributed by atoms with Crippen molar-refractivity contribution in [2.45, 2.75) is 38.8 Å². The van der Waals surface area contributed by atoms with Gasteiger partial charge in [-0.15, -0.1) is 0 Å². The van der Waals surface area contributed by atoms with Crippen LogP contribution in [0.2, 0.25) is 0 Å². The van der Waals surface area contributed by atoms with Crippen LogP contribution in [0.4, 0.5) is 0 Å². The molecule has 0 atom stereocenters. The number of amides is 1. The second-order valence-electron chi connectivity index (χ2n) is 9.65. The molecule has 1 aromatic carbocycles. The lowest BCUT2D eigenvalue weighted by Crippen LogP contribution is -2.55. The van der Waals surface area contributed by atoms with Gasteiger partial charge in [0, 0.05) is 44.0 Å². The largest absolute Gasteiger partial charge is 0.379 e. The standard InChI is InChI=1S/C26H32N6O3/c1-26(2,31-10-12-35-13-11-31)17-28-24(33)21-15-29-32(22(21)16-34-3)25-27-14-19-9-8-18-6-4-5-7-20(18)23(19)30-25/h4-7,14-15H,8-13,16-17H2,1-3H3,(H,28,33). The molecule has 35 heavy (non-hydrogen) atoms. The average Bonchev–Trinajstić information content (AvgIpc) is 3.31. The van der Waals surface area contributed by atoms with Crippen LogP contribution < -0.4 is 5.32 Å². The van der Waals surface area contributed by atoms with Gasteiger partial charge < -0.3 is 14.8 Å². The highest BCUT2D eigenvalue weighted by molar-refractivity contribution is 5.95. The molecule has 9 nitrogen and oxygen atoms in total. The summed E-state index contributed by atoms with van der Waals surface area (Å²) in [4.78, 5) is 25.0. The first-order valence-electron chi connectivity index (χ1n) is 12.1. The number of hydrogen-bond donors (Lipinski definition) is 1. The van der Waals surface area contributed by atoms with Gasteiger partial charge in [-0.1, -0.05) is 24.3 Å². The molecule has 3 heterocycles. The second kappa shape index (κ2) is 9.85. The van der Waals surface area contributed by atoms with Crippen molar-refractivity contribution in [3.8, 4) is 17.2 Å². The summed E-state index contributed by atoms with van der Waals surface area (Å²) >= 11 is 0. The van der Waals surface area contributed by atoms with Crippen molar-refractivity contribution in [3.05, 3.63) is 59.0 Å². The summed E-state index contributed by atoms with van der Waals surface area (Å²) in [5.41, 5.74) is 5.35. The van der Waals surface area contributed by atoms with E-state index >= 15 is 0 Å². The van der Waals surface area contributed by atoms with Crippen molar-refractivity contribution >= 4 is 5.91 Å². The summed E-state index contributed by atoms with van der Waals surface area (Å²) in [6.07, 6.45) is 5.33. The van der Waals surface area contributed by atoms with E-state index in [-0.39, 0.29) is 18.1 Å². The summed E-state index contributed by atoms with van der Waals surface area (Å²) in [6.45, 7) is 8.14. The molecule has 9 heteroatoms. The first-order valence-corrected chi connectivity index (χ1v) is 12.1. The Bertz CT molecular complexity index is 1220. The van der Waals surface area contributed by atoms with Gasteiger partial charge in [-0.3, -0.25) is 9.69 Å². The van der Waals surface area contributed by atoms with E-state index < -0.39 is 0 Å². The highest BCUT2D eigenvalue weighted by Gasteiger charge is 2.30. The predicted molar refractivity (Wildman–Crippen MR) is 132 cm³/mol. The molecule has 1 amide bonds. The molecular weight excluding hydrogens is 444 g/mol. The molecule has 184 valence electrons. The third kappa shape index (κ3) is 4.71. The Morgan fingerprint density at radius 2 is 1.91 bits per heavy atom. The van der Waals surface area contributed by atoms with Gasteiger partial charge in [0.2, 0.25) is 0 Å². The number of methoxy groups -OCH3 is 1. The molecule has 2 aliphatic rings. The number of benzene rings is 1. The molecule has 0 unspecified atom stereocenters. The summed E-state index contributed by atoms with van der Waals surface area (Å²) in [7, 11) is 1.60. The zero-order valence-electron chi connectivity index (χ0n) is 20.6. The lowest BCUT2D eigenvalue weighted by Gasteiger charge is -2.40. The highest BCUT2D eigenvalue weighted by atomic mass is 16.5. The fourth-order valence-corrected chi connectivity index (χ4v) is 4.84. The van der Waals surface area contributed by atoms with Crippen molar-refractivity contribution in [1.82, 2.24) is 30.0 Å². The fraction of sp³-hybridized carbons (Fsp3) is 0.462. The molecule has 0 radical (unpaired) electrons.